The molecule has 0 bridgehead atoms. The molecule has 0 amide bonds. The topological polar surface area (TPSA) is 53.8 Å². The van der Waals surface area contributed by atoms with Gasteiger partial charge in [0, 0.05) is 18.3 Å². The lowest BCUT2D eigenvalue weighted by atomic mass is 10.1. The van der Waals surface area contributed by atoms with Crippen LogP contribution in [-0.2, 0) is 6.42 Å². The van der Waals surface area contributed by atoms with Gasteiger partial charge >= 0.3 is 0 Å². The minimum atomic E-state index is 0.815. The maximum Gasteiger partial charge on any atom is 0.0454 e. The summed E-state index contributed by atoms with van der Waals surface area (Å²) in [5.74, 6) is 5.21. The first-order valence-electron chi connectivity index (χ1n) is 4.39. The Labute approximate surface area is 76.9 Å². The van der Waals surface area contributed by atoms with E-state index in [-0.39, 0.29) is 0 Å². The minimum absolute atomic E-state index is 0.815. The lowest BCUT2D eigenvalue weighted by molar-refractivity contribution is 0.729. The van der Waals surface area contributed by atoms with E-state index in [0.717, 1.165) is 13.0 Å². The molecule has 3 heteroatoms. The number of H-pyrrole nitrogens is 1. The summed E-state index contributed by atoms with van der Waals surface area (Å²) in [6, 6.07) is 8.48. The summed E-state index contributed by atoms with van der Waals surface area (Å²) in [7, 11) is 0. The van der Waals surface area contributed by atoms with Crippen LogP contribution in [0.5, 0.6) is 0 Å². The molecule has 0 radical (unpaired) electrons. The van der Waals surface area contributed by atoms with E-state index in [0.29, 0.717) is 0 Å². The van der Waals surface area contributed by atoms with Gasteiger partial charge in [-0.25, -0.2) is 0 Å². The summed E-state index contributed by atoms with van der Waals surface area (Å²) < 4.78 is 0. The zero-order valence-electron chi connectivity index (χ0n) is 7.38. The van der Waals surface area contributed by atoms with E-state index in [1.165, 1.54) is 16.5 Å². The summed E-state index contributed by atoms with van der Waals surface area (Å²) in [6.07, 6.45) is 2.92. The summed E-state index contributed by atoms with van der Waals surface area (Å²) in [4.78, 5) is 3.16. The van der Waals surface area contributed by atoms with Gasteiger partial charge in [0.1, 0.15) is 0 Å². The molecule has 0 atom stereocenters. The van der Waals surface area contributed by atoms with E-state index in [1.807, 2.05) is 6.20 Å². The molecule has 0 aliphatic carbocycles. The fourth-order valence-corrected chi connectivity index (χ4v) is 1.47. The highest BCUT2D eigenvalue weighted by Crippen LogP contribution is 2.14. The zero-order valence-corrected chi connectivity index (χ0v) is 7.38. The molecule has 0 saturated heterocycles. The molecule has 0 unspecified atom stereocenters. The monoisotopic (exact) mass is 175 g/mol. The normalized spacial score (nSPS) is 10.8. The van der Waals surface area contributed by atoms with E-state index in [4.69, 9.17) is 5.84 Å². The van der Waals surface area contributed by atoms with Crippen molar-refractivity contribution < 1.29 is 0 Å². The van der Waals surface area contributed by atoms with Crippen LogP contribution in [0.15, 0.2) is 30.5 Å². The van der Waals surface area contributed by atoms with Crippen LogP contribution >= 0.6 is 0 Å². The predicted octanol–water partition coefficient (Wildman–Crippen LogP) is 1.17. The number of rotatable bonds is 3. The Morgan fingerprint density at radius 2 is 2.23 bits per heavy atom. The summed E-state index contributed by atoms with van der Waals surface area (Å²) in [6.45, 7) is 0.815. The molecular weight excluding hydrogens is 162 g/mol. The largest absolute Gasteiger partial charge is 0.361 e. The van der Waals surface area contributed by atoms with Gasteiger partial charge in [0.2, 0.25) is 0 Å². The highest BCUT2D eigenvalue weighted by atomic mass is 15.2. The van der Waals surface area contributed by atoms with E-state index in [9.17, 15) is 0 Å². The average molecular weight is 175 g/mol. The number of hydrogen-bond donors (Lipinski definition) is 3. The first-order valence-corrected chi connectivity index (χ1v) is 4.39. The number of aromatic amines is 1. The smallest absolute Gasteiger partial charge is 0.0454 e. The van der Waals surface area contributed by atoms with E-state index < -0.39 is 0 Å². The second kappa shape index (κ2) is 3.60. The summed E-state index contributed by atoms with van der Waals surface area (Å²) in [5, 5.41) is 1.26. The third kappa shape index (κ3) is 1.71. The van der Waals surface area contributed by atoms with Crippen molar-refractivity contribution in [3.05, 3.63) is 36.0 Å². The van der Waals surface area contributed by atoms with Crippen LogP contribution in [0.25, 0.3) is 10.9 Å². The standard InChI is InChI=1S/C10H13N3/c11-13-6-3-8-1-2-10-9(7-8)4-5-12-10/h1-2,4-5,7,12-13H,3,6,11H2. The number of aromatic nitrogens is 1. The molecular formula is C10H13N3. The van der Waals surface area contributed by atoms with Gasteiger partial charge in [0.05, 0.1) is 0 Å². The number of hydrogen-bond acceptors (Lipinski definition) is 2. The quantitative estimate of drug-likeness (QED) is 0.484. The summed E-state index contributed by atoms with van der Waals surface area (Å²) >= 11 is 0. The SMILES string of the molecule is NNCCc1ccc2[nH]ccc2c1. The number of benzene rings is 1. The lowest BCUT2D eigenvalue weighted by Crippen LogP contribution is -2.24. The minimum Gasteiger partial charge on any atom is -0.361 e. The molecule has 1 heterocycles. The maximum absolute atomic E-state index is 5.21. The summed E-state index contributed by atoms with van der Waals surface area (Å²) in [5.41, 5.74) is 5.15. The Balaban J connectivity index is 2.26. The van der Waals surface area contributed by atoms with Gasteiger partial charge in [-0.1, -0.05) is 6.07 Å². The van der Waals surface area contributed by atoms with Gasteiger partial charge in [-0.15, -0.1) is 0 Å². The Hall–Kier alpha value is -1.32. The first-order chi connectivity index (χ1) is 6.40. The zero-order chi connectivity index (χ0) is 9.10. The third-order valence-electron chi connectivity index (χ3n) is 2.18. The number of hydrazine groups is 1. The average Bonchev–Trinajstić information content (AvgIpc) is 2.61. The van der Waals surface area contributed by atoms with Crippen LogP contribution in [0.3, 0.4) is 0 Å². The molecule has 0 fully saturated rings. The van der Waals surface area contributed by atoms with Crippen LogP contribution in [0.4, 0.5) is 0 Å². The molecule has 3 nitrogen and oxygen atoms in total. The highest BCUT2D eigenvalue weighted by molar-refractivity contribution is 5.79. The molecule has 0 aliphatic rings. The van der Waals surface area contributed by atoms with Gasteiger partial charge in [-0.3, -0.25) is 11.3 Å². The van der Waals surface area contributed by atoms with Gasteiger partial charge in [-0.05, 0) is 35.6 Å². The highest BCUT2D eigenvalue weighted by Gasteiger charge is 1.96. The predicted molar refractivity (Wildman–Crippen MR) is 54.2 cm³/mol. The van der Waals surface area contributed by atoms with Crippen LogP contribution in [0.1, 0.15) is 5.56 Å². The van der Waals surface area contributed by atoms with Crippen molar-refractivity contribution in [3.63, 3.8) is 0 Å². The molecule has 4 N–H and O–H groups in total. The fraction of sp³-hybridized carbons (Fsp3) is 0.200. The first kappa shape index (κ1) is 8.29. The number of fused-ring (bicyclic) bond motifs is 1. The van der Waals surface area contributed by atoms with E-state index in [1.54, 1.807) is 0 Å². The van der Waals surface area contributed by atoms with Crippen molar-refractivity contribution in [2.24, 2.45) is 5.84 Å². The molecule has 0 spiro atoms. The Morgan fingerprint density at radius 1 is 1.31 bits per heavy atom. The van der Waals surface area contributed by atoms with Crippen LogP contribution in [0, 0.1) is 0 Å². The molecule has 68 valence electrons. The molecule has 1 aromatic carbocycles. The van der Waals surface area contributed by atoms with Crippen LogP contribution < -0.4 is 11.3 Å². The molecule has 2 aromatic rings. The second-order valence-corrected chi connectivity index (χ2v) is 3.10. The van der Waals surface area contributed by atoms with Gasteiger partial charge < -0.3 is 4.98 Å². The van der Waals surface area contributed by atoms with Gasteiger partial charge in [0.15, 0.2) is 0 Å². The van der Waals surface area contributed by atoms with E-state index >= 15 is 0 Å². The number of nitrogens with two attached hydrogens (primary N) is 1. The van der Waals surface area contributed by atoms with Crippen molar-refractivity contribution in [3.8, 4) is 0 Å². The number of nitrogens with one attached hydrogen (secondary N) is 2. The van der Waals surface area contributed by atoms with Gasteiger partial charge in [0.25, 0.3) is 0 Å². The molecule has 0 aliphatic heterocycles. The molecule has 13 heavy (non-hydrogen) atoms. The van der Waals surface area contributed by atoms with Crippen molar-refractivity contribution in [1.82, 2.24) is 10.4 Å². The molecule has 1 aromatic heterocycles. The Morgan fingerprint density at radius 3 is 3.08 bits per heavy atom. The second-order valence-electron chi connectivity index (χ2n) is 3.10. The molecule has 2 rings (SSSR count). The Kier molecular flexibility index (Phi) is 2.29. The van der Waals surface area contributed by atoms with Crippen molar-refractivity contribution in [2.75, 3.05) is 6.54 Å². The van der Waals surface area contributed by atoms with Crippen LogP contribution in [0.2, 0.25) is 0 Å². The Bertz CT molecular complexity index is 392. The van der Waals surface area contributed by atoms with Crippen LogP contribution in [-0.4, -0.2) is 11.5 Å². The van der Waals surface area contributed by atoms with Gasteiger partial charge in [-0.2, -0.15) is 0 Å². The molecule has 0 saturated carbocycles. The van der Waals surface area contributed by atoms with Crippen molar-refractivity contribution in [2.45, 2.75) is 6.42 Å². The maximum atomic E-state index is 5.21. The third-order valence-corrected chi connectivity index (χ3v) is 2.18. The lowest BCUT2D eigenvalue weighted by Gasteiger charge is -2.00. The van der Waals surface area contributed by atoms with Crippen molar-refractivity contribution >= 4 is 10.9 Å². The fourth-order valence-electron chi connectivity index (χ4n) is 1.47. The van der Waals surface area contributed by atoms with Crippen molar-refractivity contribution in [1.29, 1.82) is 0 Å². The van der Waals surface area contributed by atoms with E-state index in [2.05, 4.69) is 34.7 Å².